The summed E-state index contributed by atoms with van der Waals surface area (Å²) in [7, 11) is 0. The van der Waals surface area contributed by atoms with E-state index in [1.807, 2.05) is 44.7 Å². The molecule has 5 rings (SSSR count). The maximum Gasteiger partial charge on any atom is 0.250 e. The van der Waals surface area contributed by atoms with Gasteiger partial charge >= 0.3 is 0 Å². The van der Waals surface area contributed by atoms with Crippen molar-refractivity contribution in [2.45, 2.75) is 31.7 Å². The van der Waals surface area contributed by atoms with Crippen LogP contribution in [0.25, 0.3) is 0 Å². The molecule has 2 fully saturated rings. The van der Waals surface area contributed by atoms with Gasteiger partial charge in [-0.3, -0.25) is 14.4 Å². The summed E-state index contributed by atoms with van der Waals surface area (Å²) in [6, 6.07) is 15.6. The van der Waals surface area contributed by atoms with Crippen LogP contribution in [0, 0.1) is 11.8 Å². The number of aromatic nitrogens is 1. The number of carbonyl (C=O) groups excluding carboxylic acids is 2. The second-order valence-corrected chi connectivity index (χ2v) is 8.92. The zero-order chi connectivity index (χ0) is 20.7. The number of amides is 2. The third-order valence-corrected chi connectivity index (χ3v) is 6.87. The van der Waals surface area contributed by atoms with Gasteiger partial charge in [-0.15, -0.1) is 0 Å². The lowest BCUT2D eigenvalue weighted by Crippen LogP contribution is -2.50. The maximum absolute atomic E-state index is 13.3. The third kappa shape index (κ3) is 3.55. The van der Waals surface area contributed by atoms with Crippen molar-refractivity contribution >= 4 is 11.8 Å². The number of benzene rings is 1. The minimum absolute atomic E-state index is 0.0532. The van der Waals surface area contributed by atoms with E-state index in [9.17, 15) is 14.4 Å². The van der Waals surface area contributed by atoms with Crippen LogP contribution in [0.4, 0.5) is 0 Å². The number of rotatable bonds is 4. The normalized spacial score (nSPS) is 25.3. The molecule has 0 radical (unpaired) electrons. The molecule has 156 valence electrons. The minimum Gasteiger partial charge on any atom is -0.342 e. The Morgan fingerprint density at radius 2 is 1.77 bits per heavy atom. The first-order valence-corrected chi connectivity index (χ1v) is 10.9. The molecule has 3 atom stereocenters. The van der Waals surface area contributed by atoms with E-state index in [0.717, 1.165) is 18.5 Å². The summed E-state index contributed by atoms with van der Waals surface area (Å²) >= 11 is 0. The molecule has 3 aliphatic rings. The largest absolute Gasteiger partial charge is 0.342 e. The van der Waals surface area contributed by atoms with Crippen molar-refractivity contribution in [2.24, 2.45) is 11.8 Å². The standard InChI is InChI=1S/C24H27N3O3/c28-22-8-4-7-21-19-11-18(14-27(21)22)13-26(15-19)24(30)20-12-23(29)25(16-20)10-9-17-5-2-1-3-6-17/h1-8,18-20H,9-16H2/t18-,19+,20-/m1/s1. The minimum atomic E-state index is -0.245. The predicted octanol–water partition coefficient (Wildman–Crippen LogP) is 1.89. The predicted molar refractivity (Wildman–Crippen MR) is 113 cm³/mol. The van der Waals surface area contributed by atoms with E-state index >= 15 is 0 Å². The molecule has 2 bridgehead atoms. The summed E-state index contributed by atoms with van der Waals surface area (Å²) < 4.78 is 1.88. The van der Waals surface area contributed by atoms with Crippen LogP contribution in [0.3, 0.4) is 0 Å². The zero-order valence-electron chi connectivity index (χ0n) is 17.1. The summed E-state index contributed by atoms with van der Waals surface area (Å²) in [5, 5.41) is 0. The van der Waals surface area contributed by atoms with E-state index in [2.05, 4.69) is 12.1 Å². The maximum atomic E-state index is 13.3. The monoisotopic (exact) mass is 405 g/mol. The number of hydrogen-bond donors (Lipinski definition) is 0. The van der Waals surface area contributed by atoms with Gasteiger partial charge in [0.25, 0.3) is 5.56 Å². The highest BCUT2D eigenvalue weighted by atomic mass is 16.2. The van der Waals surface area contributed by atoms with Crippen molar-refractivity contribution in [3.05, 3.63) is 70.1 Å². The third-order valence-electron chi connectivity index (χ3n) is 6.87. The molecule has 1 aromatic carbocycles. The fourth-order valence-electron chi connectivity index (χ4n) is 5.40. The van der Waals surface area contributed by atoms with Gasteiger partial charge < -0.3 is 14.4 Å². The van der Waals surface area contributed by atoms with E-state index < -0.39 is 0 Å². The van der Waals surface area contributed by atoms with E-state index in [1.165, 1.54) is 5.56 Å². The first-order valence-electron chi connectivity index (χ1n) is 10.9. The summed E-state index contributed by atoms with van der Waals surface area (Å²) in [5.74, 6) is 0.462. The molecule has 2 aromatic rings. The number of hydrogen-bond acceptors (Lipinski definition) is 3. The molecule has 1 aromatic heterocycles. The molecule has 6 heteroatoms. The first-order chi connectivity index (χ1) is 14.6. The number of fused-ring (bicyclic) bond motifs is 4. The summed E-state index contributed by atoms with van der Waals surface area (Å²) in [5.41, 5.74) is 2.30. The van der Waals surface area contributed by atoms with Crippen LogP contribution in [0.1, 0.15) is 30.0 Å². The van der Waals surface area contributed by atoms with Crippen LogP contribution in [0.15, 0.2) is 53.3 Å². The fourth-order valence-corrected chi connectivity index (χ4v) is 5.40. The second kappa shape index (κ2) is 7.74. The van der Waals surface area contributed by atoms with E-state index in [0.29, 0.717) is 45.1 Å². The quantitative estimate of drug-likeness (QED) is 0.780. The van der Waals surface area contributed by atoms with Crippen molar-refractivity contribution in [3.8, 4) is 0 Å². The Bertz CT molecular complexity index is 1020. The van der Waals surface area contributed by atoms with Crippen LogP contribution in [-0.4, -0.2) is 52.4 Å². The Morgan fingerprint density at radius 1 is 0.933 bits per heavy atom. The molecular formula is C24H27N3O3. The Morgan fingerprint density at radius 3 is 2.60 bits per heavy atom. The van der Waals surface area contributed by atoms with Gasteiger partial charge in [-0.25, -0.2) is 0 Å². The van der Waals surface area contributed by atoms with Crippen LogP contribution >= 0.6 is 0 Å². The molecule has 30 heavy (non-hydrogen) atoms. The molecule has 3 aliphatic heterocycles. The van der Waals surface area contributed by atoms with Crippen LogP contribution < -0.4 is 5.56 Å². The SMILES string of the molecule is O=C1C[C@@H](C(=O)N2C[C@H]3C[C@@H](C2)c2cccc(=O)n2C3)CN1CCc1ccccc1. The van der Waals surface area contributed by atoms with Crippen molar-refractivity contribution in [1.82, 2.24) is 14.4 Å². The second-order valence-electron chi connectivity index (χ2n) is 8.92. The Kier molecular flexibility index (Phi) is 4.93. The molecule has 0 saturated carbocycles. The summed E-state index contributed by atoms with van der Waals surface area (Å²) in [4.78, 5) is 41.8. The van der Waals surface area contributed by atoms with Gasteiger partial charge in [-0.1, -0.05) is 36.4 Å². The van der Waals surface area contributed by atoms with E-state index in [4.69, 9.17) is 0 Å². The van der Waals surface area contributed by atoms with Crippen LogP contribution in [0.2, 0.25) is 0 Å². The molecule has 6 nitrogen and oxygen atoms in total. The smallest absolute Gasteiger partial charge is 0.250 e. The molecule has 4 heterocycles. The highest BCUT2D eigenvalue weighted by Gasteiger charge is 2.41. The van der Waals surface area contributed by atoms with Gasteiger partial charge in [0.15, 0.2) is 0 Å². The van der Waals surface area contributed by atoms with Gasteiger partial charge in [0.1, 0.15) is 0 Å². The topological polar surface area (TPSA) is 62.6 Å². The number of pyridine rings is 1. The molecule has 2 amide bonds. The molecule has 0 spiro atoms. The lowest BCUT2D eigenvalue weighted by Gasteiger charge is -2.43. The lowest BCUT2D eigenvalue weighted by atomic mass is 9.82. The van der Waals surface area contributed by atoms with Crippen LogP contribution in [0.5, 0.6) is 0 Å². The molecular weight excluding hydrogens is 378 g/mol. The number of nitrogens with zero attached hydrogens (tertiary/aromatic N) is 3. The molecule has 0 unspecified atom stereocenters. The number of carbonyl (C=O) groups is 2. The summed E-state index contributed by atoms with van der Waals surface area (Å²) in [6.07, 6.45) is 2.16. The van der Waals surface area contributed by atoms with E-state index in [-0.39, 0.29) is 29.2 Å². The van der Waals surface area contributed by atoms with Crippen LogP contribution in [-0.2, 0) is 22.6 Å². The molecule has 0 N–H and O–H groups in total. The Labute approximate surface area is 176 Å². The zero-order valence-corrected chi connectivity index (χ0v) is 17.1. The van der Waals surface area contributed by atoms with Gasteiger partial charge in [-0.2, -0.15) is 0 Å². The van der Waals surface area contributed by atoms with Gasteiger partial charge in [0.05, 0.1) is 5.92 Å². The summed E-state index contributed by atoms with van der Waals surface area (Å²) in [6.45, 7) is 3.20. The Hall–Kier alpha value is -2.89. The highest BCUT2D eigenvalue weighted by Crippen LogP contribution is 2.36. The first kappa shape index (κ1) is 19.1. The Balaban J connectivity index is 1.24. The van der Waals surface area contributed by atoms with Gasteiger partial charge in [0, 0.05) is 56.8 Å². The van der Waals surface area contributed by atoms with Crippen molar-refractivity contribution in [1.29, 1.82) is 0 Å². The average Bonchev–Trinajstić information content (AvgIpc) is 3.13. The van der Waals surface area contributed by atoms with Crippen molar-refractivity contribution in [2.75, 3.05) is 26.2 Å². The van der Waals surface area contributed by atoms with E-state index in [1.54, 1.807) is 6.07 Å². The van der Waals surface area contributed by atoms with Gasteiger partial charge in [-0.05, 0) is 30.4 Å². The lowest BCUT2D eigenvalue weighted by molar-refractivity contribution is -0.138. The fraction of sp³-hybridized carbons (Fsp3) is 0.458. The number of likely N-dealkylation sites (tertiary alicyclic amines) is 2. The molecule has 0 aliphatic carbocycles. The van der Waals surface area contributed by atoms with Crippen molar-refractivity contribution in [3.63, 3.8) is 0 Å². The highest BCUT2D eigenvalue weighted by molar-refractivity contribution is 5.89. The van der Waals surface area contributed by atoms with Gasteiger partial charge in [0.2, 0.25) is 11.8 Å². The average molecular weight is 405 g/mol. The number of piperidine rings is 1. The van der Waals surface area contributed by atoms with Crippen molar-refractivity contribution < 1.29 is 9.59 Å². The molecule has 2 saturated heterocycles.